The SMILES string of the molecule is O=C(c1ccoc1)c1ccc(Cl)c2ccccc12. The first-order valence-electron chi connectivity index (χ1n) is 5.51. The van der Waals surface area contributed by atoms with Crippen molar-refractivity contribution < 1.29 is 9.21 Å². The molecule has 0 bridgehead atoms. The summed E-state index contributed by atoms with van der Waals surface area (Å²) in [4.78, 5) is 12.3. The Morgan fingerprint density at radius 2 is 1.78 bits per heavy atom. The number of hydrogen-bond acceptors (Lipinski definition) is 2. The Labute approximate surface area is 109 Å². The van der Waals surface area contributed by atoms with Crippen molar-refractivity contribution >= 4 is 28.2 Å². The molecule has 0 N–H and O–H groups in total. The van der Waals surface area contributed by atoms with Gasteiger partial charge in [0, 0.05) is 16.0 Å². The van der Waals surface area contributed by atoms with Gasteiger partial charge in [0.25, 0.3) is 0 Å². The summed E-state index contributed by atoms with van der Waals surface area (Å²) in [5.74, 6) is -0.0587. The summed E-state index contributed by atoms with van der Waals surface area (Å²) in [7, 11) is 0. The van der Waals surface area contributed by atoms with Crippen molar-refractivity contribution in [2.75, 3.05) is 0 Å². The van der Waals surface area contributed by atoms with Crippen LogP contribution in [0, 0.1) is 0 Å². The molecular weight excluding hydrogens is 248 g/mol. The van der Waals surface area contributed by atoms with Gasteiger partial charge in [-0.1, -0.05) is 35.9 Å². The maximum atomic E-state index is 12.3. The molecule has 1 aromatic heterocycles. The molecule has 0 saturated carbocycles. The van der Waals surface area contributed by atoms with Gasteiger partial charge in [0.2, 0.25) is 0 Å². The predicted octanol–water partition coefficient (Wildman–Crippen LogP) is 4.32. The molecule has 0 spiro atoms. The first-order valence-corrected chi connectivity index (χ1v) is 5.89. The molecule has 0 saturated heterocycles. The van der Waals surface area contributed by atoms with Crippen LogP contribution in [0.3, 0.4) is 0 Å². The van der Waals surface area contributed by atoms with Crippen molar-refractivity contribution in [3.8, 4) is 0 Å². The highest BCUT2D eigenvalue weighted by Gasteiger charge is 2.14. The number of furan rings is 1. The van der Waals surface area contributed by atoms with E-state index < -0.39 is 0 Å². The van der Waals surface area contributed by atoms with Crippen LogP contribution in [-0.4, -0.2) is 5.78 Å². The second kappa shape index (κ2) is 4.31. The van der Waals surface area contributed by atoms with Gasteiger partial charge in [0.15, 0.2) is 5.78 Å². The molecule has 0 amide bonds. The number of fused-ring (bicyclic) bond motifs is 1. The molecule has 3 aromatic rings. The first-order chi connectivity index (χ1) is 8.77. The summed E-state index contributed by atoms with van der Waals surface area (Å²) >= 11 is 6.13. The van der Waals surface area contributed by atoms with E-state index in [9.17, 15) is 4.79 Å². The molecule has 0 aliphatic carbocycles. The van der Waals surface area contributed by atoms with Crippen LogP contribution in [0.4, 0.5) is 0 Å². The maximum absolute atomic E-state index is 12.3. The lowest BCUT2D eigenvalue weighted by atomic mass is 9.99. The third kappa shape index (κ3) is 1.71. The Bertz CT molecular complexity index is 714. The van der Waals surface area contributed by atoms with Crippen LogP contribution in [0.15, 0.2) is 59.4 Å². The molecule has 0 aliphatic heterocycles. The first kappa shape index (κ1) is 11.1. The Balaban J connectivity index is 2.25. The number of carbonyl (C=O) groups is 1. The molecule has 88 valence electrons. The summed E-state index contributed by atoms with van der Waals surface area (Å²) in [6, 6.07) is 12.8. The molecular formula is C15H9ClO2. The van der Waals surface area contributed by atoms with E-state index in [-0.39, 0.29) is 5.78 Å². The van der Waals surface area contributed by atoms with E-state index in [1.165, 1.54) is 12.5 Å². The molecule has 3 rings (SSSR count). The summed E-state index contributed by atoms with van der Waals surface area (Å²) < 4.78 is 4.95. The number of halogens is 1. The van der Waals surface area contributed by atoms with Crippen molar-refractivity contribution in [2.45, 2.75) is 0 Å². The molecule has 1 heterocycles. The van der Waals surface area contributed by atoms with Crippen molar-refractivity contribution in [2.24, 2.45) is 0 Å². The van der Waals surface area contributed by atoms with Gasteiger partial charge >= 0.3 is 0 Å². The van der Waals surface area contributed by atoms with Crippen LogP contribution in [0.1, 0.15) is 15.9 Å². The summed E-state index contributed by atoms with van der Waals surface area (Å²) in [5, 5.41) is 2.39. The van der Waals surface area contributed by atoms with Gasteiger partial charge in [0.1, 0.15) is 6.26 Å². The van der Waals surface area contributed by atoms with Crippen LogP contribution < -0.4 is 0 Å². The smallest absolute Gasteiger partial charge is 0.196 e. The van der Waals surface area contributed by atoms with Gasteiger partial charge in [-0.2, -0.15) is 0 Å². The van der Waals surface area contributed by atoms with Gasteiger partial charge in [0.05, 0.1) is 11.8 Å². The Kier molecular flexibility index (Phi) is 2.65. The van der Waals surface area contributed by atoms with Crippen molar-refractivity contribution in [3.05, 3.63) is 71.1 Å². The number of ketones is 1. The largest absolute Gasteiger partial charge is 0.472 e. The lowest BCUT2D eigenvalue weighted by molar-refractivity contribution is 0.103. The van der Waals surface area contributed by atoms with Gasteiger partial charge in [-0.15, -0.1) is 0 Å². The van der Waals surface area contributed by atoms with Gasteiger partial charge in [-0.05, 0) is 23.6 Å². The number of rotatable bonds is 2. The number of hydrogen-bond donors (Lipinski definition) is 0. The summed E-state index contributed by atoms with van der Waals surface area (Å²) in [6.07, 6.45) is 2.94. The van der Waals surface area contributed by atoms with E-state index in [0.717, 1.165) is 10.8 Å². The second-order valence-corrected chi connectivity index (χ2v) is 4.39. The predicted molar refractivity (Wildman–Crippen MR) is 71.1 cm³/mol. The monoisotopic (exact) mass is 256 g/mol. The zero-order valence-corrected chi connectivity index (χ0v) is 10.1. The van der Waals surface area contributed by atoms with Crippen LogP contribution in [-0.2, 0) is 0 Å². The van der Waals surface area contributed by atoms with Crippen LogP contribution in [0.2, 0.25) is 5.02 Å². The molecule has 0 unspecified atom stereocenters. The van der Waals surface area contributed by atoms with E-state index in [1.54, 1.807) is 18.2 Å². The third-order valence-corrected chi connectivity index (χ3v) is 3.23. The quantitative estimate of drug-likeness (QED) is 0.639. The number of carbonyl (C=O) groups excluding carboxylic acids is 1. The fourth-order valence-corrected chi connectivity index (χ4v) is 2.24. The highest BCUT2D eigenvalue weighted by molar-refractivity contribution is 6.36. The lowest BCUT2D eigenvalue weighted by Crippen LogP contribution is -2.00. The average molecular weight is 257 g/mol. The molecule has 2 aromatic carbocycles. The summed E-state index contributed by atoms with van der Waals surface area (Å²) in [6.45, 7) is 0. The normalized spacial score (nSPS) is 10.7. The minimum Gasteiger partial charge on any atom is -0.472 e. The molecule has 0 fully saturated rings. The van der Waals surface area contributed by atoms with Crippen molar-refractivity contribution in [1.29, 1.82) is 0 Å². The highest BCUT2D eigenvalue weighted by atomic mass is 35.5. The standard InChI is InChI=1S/C15H9ClO2/c16-14-6-5-13(11-3-1-2-4-12(11)14)15(17)10-7-8-18-9-10/h1-9H. The van der Waals surface area contributed by atoms with Crippen molar-refractivity contribution in [3.63, 3.8) is 0 Å². The zero-order valence-electron chi connectivity index (χ0n) is 9.39. The minimum atomic E-state index is -0.0587. The Hall–Kier alpha value is -2.06. The summed E-state index contributed by atoms with van der Waals surface area (Å²) in [5.41, 5.74) is 1.18. The maximum Gasteiger partial charge on any atom is 0.196 e. The van der Waals surface area contributed by atoms with E-state index >= 15 is 0 Å². The Morgan fingerprint density at radius 3 is 2.50 bits per heavy atom. The van der Waals surface area contributed by atoms with Gasteiger partial charge in [-0.25, -0.2) is 0 Å². The van der Waals surface area contributed by atoms with E-state index in [1.807, 2.05) is 24.3 Å². The lowest BCUT2D eigenvalue weighted by Gasteiger charge is -2.06. The fourth-order valence-electron chi connectivity index (χ4n) is 2.01. The van der Waals surface area contributed by atoms with Gasteiger partial charge < -0.3 is 4.42 Å². The fraction of sp³-hybridized carbons (Fsp3) is 0. The second-order valence-electron chi connectivity index (χ2n) is 3.98. The Morgan fingerprint density at radius 1 is 1.00 bits per heavy atom. The van der Waals surface area contributed by atoms with Crippen LogP contribution in [0.5, 0.6) is 0 Å². The van der Waals surface area contributed by atoms with E-state index in [0.29, 0.717) is 16.1 Å². The average Bonchev–Trinajstić information content (AvgIpc) is 2.93. The molecule has 2 nitrogen and oxygen atoms in total. The highest BCUT2D eigenvalue weighted by Crippen LogP contribution is 2.27. The zero-order chi connectivity index (χ0) is 12.5. The molecule has 3 heteroatoms. The topological polar surface area (TPSA) is 30.2 Å². The van der Waals surface area contributed by atoms with Crippen LogP contribution in [0.25, 0.3) is 10.8 Å². The number of benzene rings is 2. The molecule has 18 heavy (non-hydrogen) atoms. The molecule has 0 atom stereocenters. The third-order valence-electron chi connectivity index (χ3n) is 2.90. The molecule has 0 radical (unpaired) electrons. The molecule has 0 aliphatic rings. The minimum absolute atomic E-state index is 0.0587. The van der Waals surface area contributed by atoms with Crippen LogP contribution >= 0.6 is 11.6 Å². The van der Waals surface area contributed by atoms with E-state index in [4.69, 9.17) is 16.0 Å². The van der Waals surface area contributed by atoms with Crippen molar-refractivity contribution in [1.82, 2.24) is 0 Å². The van der Waals surface area contributed by atoms with E-state index in [2.05, 4.69) is 0 Å². The van der Waals surface area contributed by atoms with Gasteiger partial charge in [-0.3, -0.25) is 4.79 Å².